The monoisotopic (exact) mass is 470 g/mol. The summed E-state index contributed by atoms with van der Waals surface area (Å²) in [5.74, 6) is -0.195. The lowest BCUT2D eigenvalue weighted by molar-refractivity contribution is -0.138. The number of carbonyl (C=O) groups is 2. The van der Waals surface area contributed by atoms with Crippen molar-refractivity contribution < 1.29 is 24.2 Å². The van der Waals surface area contributed by atoms with E-state index >= 15 is 0 Å². The number of rotatable bonds is 9. The number of ether oxygens (including phenoxy) is 2. The van der Waals surface area contributed by atoms with Crippen molar-refractivity contribution in [3.8, 4) is 11.1 Å². The first-order valence-corrected chi connectivity index (χ1v) is 12.5. The fraction of sp³-hybridized carbons (Fsp3) is 0.440. The van der Waals surface area contributed by atoms with Crippen molar-refractivity contribution in [1.82, 2.24) is 10.2 Å². The van der Waals surface area contributed by atoms with Crippen molar-refractivity contribution >= 4 is 23.8 Å². The number of hydrogen-bond donors (Lipinski definition) is 2. The van der Waals surface area contributed by atoms with Gasteiger partial charge in [0.15, 0.2) is 0 Å². The minimum Gasteiger partial charge on any atom is -0.480 e. The number of aliphatic carboxylic acids is 1. The molecular formula is C25H30N2O5S. The molecule has 8 heteroatoms. The van der Waals surface area contributed by atoms with Gasteiger partial charge in [-0.25, -0.2) is 9.59 Å². The lowest BCUT2D eigenvalue weighted by Crippen LogP contribution is -2.45. The van der Waals surface area contributed by atoms with Crippen LogP contribution in [-0.4, -0.2) is 78.6 Å². The molecule has 1 heterocycles. The number of likely N-dealkylation sites (N-methyl/N-ethyl adjacent to an activating group) is 1. The number of fused-ring (bicyclic) bond motifs is 3. The van der Waals surface area contributed by atoms with Gasteiger partial charge in [-0.15, -0.1) is 0 Å². The van der Waals surface area contributed by atoms with Crippen LogP contribution in [0.2, 0.25) is 0 Å². The highest BCUT2D eigenvalue weighted by atomic mass is 32.2. The Bertz CT molecular complexity index is 939. The zero-order valence-corrected chi connectivity index (χ0v) is 19.6. The summed E-state index contributed by atoms with van der Waals surface area (Å²) in [5.41, 5.74) is 4.53. The van der Waals surface area contributed by atoms with Crippen LogP contribution in [0.5, 0.6) is 0 Å². The molecule has 2 aromatic rings. The number of thioether (sulfide) groups is 1. The van der Waals surface area contributed by atoms with Gasteiger partial charge in [0.2, 0.25) is 0 Å². The molecule has 2 atom stereocenters. The third-order valence-electron chi connectivity index (χ3n) is 6.19. The van der Waals surface area contributed by atoms with Crippen LogP contribution >= 0.6 is 11.8 Å². The Hall–Kier alpha value is -2.55. The summed E-state index contributed by atoms with van der Waals surface area (Å²) in [4.78, 5) is 26.4. The van der Waals surface area contributed by atoms with Crippen molar-refractivity contribution in [3.63, 3.8) is 0 Å². The van der Waals surface area contributed by atoms with Gasteiger partial charge in [-0.3, -0.25) is 4.90 Å². The van der Waals surface area contributed by atoms with Crippen molar-refractivity contribution in [2.24, 2.45) is 0 Å². The Morgan fingerprint density at radius 2 is 1.85 bits per heavy atom. The number of benzene rings is 2. The molecule has 2 N–H and O–H groups in total. The van der Waals surface area contributed by atoms with E-state index in [0.717, 1.165) is 41.9 Å². The summed E-state index contributed by atoms with van der Waals surface area (Å²) >= 11 is 1.47. The molecule has 2 aromatic carbocycles. The zero-order valence-electron chi connectivity index (χ0n) is 18.7. The normalized spacial score (nSPS) is 18.9. The lowest BCUT2D eigenvalue weighted by Gasteiger charge is -2.32. The molecule has 2 unspecified atom stereocenters. The molecule has 0 aromatic heterocycles. The number of carbonyl (C=O) groups excluding carboxylic acids is 1. The van der Waals surface area contributed by atoms with Gasteiger partial charge < -0.3 is 19.9 Å². The Labute approximate surface area is 198 Å². The summed E-state index contributed by atoms with van der Waals surface area (Å²) in [6.07, 6.45) is -0.636. The molecule has 1 aliphatic heterocycles. The third-order valence-corrected chi connectivity index (χ3v) is 7.37. The number of amides is 1. The SMILES string of the molecule is CCN1CCOC(CSCC(NC(=O)OCC2c3ccccc3-c3ccccc32)C(=O)O)C1. The maximum absolute atomic E-state index is 12.4. The molecule has 1 fully saturated rings. The fourth-order valence-electron chi connectivity index (χ4n) is 4.44. The average molecular weight is 471 g/mol. The van der Waals surface area contributed by atoms with Gasteiger partial charge >= 0.3 is 12.1 Å². The van der Waals surface area contributed by atoms with E-state index in [0.29, 0.717) is 12.4 Å². The molecule has 1 amide bonds. The number of nitrogens with zero attached hydrogens (tertiary/aromatic N) is 1. The van der Waals surface area contributed by atoms with E-state index in [1.165, 1.54) is 11.8 Å². The average Bonchev–Trinajstić information content (AvgIpc) is 3.16. The van der Waals surface area contributed by atoms with Crippen LogP contribution in [0.1, 0.15) is 24.0 Å². The van der Waals surface area contributed by atoms with E-state index in [1.54, 1.807) is 0 Å². The summed E-state index contributed by atoms with van der Waals surface area (Å²) in [6, 6.07) is 15.2. The van der Waals surface area contributed by atoms with E-state index in [-0.39, 0.29) is 24.4 Å². The second kappa shape index (κ2) is 11.0. The van der Waals surface area contributed by atoms with Gasteiger partial charge in [0.1, 0.15) is 12.6 Å². The van der Waals surface area contributed by atoms with Crippen molar-refractivity contribution in [1.29, 1.82) is 0 Å². The van der Waals surface area contributed by atoms with Crippen LogP contribution in [-0.2, 0) is 14.3 Å². The molecule has 1 saturated heterocycles. The fourth-order valence-corrected chi connectivity index (χ4v) is 5.51. The quantitative estimate of drug-likeness (QED) is 0.580. The van der Waals surface area contributed by atoms with Crippen LogP contribution in [0.15, 0.2) is 48.5 Å². The van der Waals surface area contributed by atoms with Crippen LogP contribution in [0, 0.1) is 0 Å². The van der Waals surface area contributed by atoms with Crippen molar-refractivity contribution in [2.45, 2.75) is 25.0 Å². The minimum absolute atomic E-state index is 0.0641. The van der Waals surface area contributed by atoms with Gasteiger partial charge in [-0.1, -0.05) is 55.5 Å². The van der Waals surface area contributed by atoms with Crippen molar-refractivity contribution in [2.75, 3.05) is 44.4 Å². The van der Waals surface area contributed by atoms with Crippen molar-refractivity contribution in [3.05, 3.63) is 59.7 Å². The third kappa shape index (κ3) is 5.69. The van der Waals surface area contributed by atoms with Crippen LogP contribution in [0.3, 0.4) is 0 Å². The highest BCUT2D eigenvalue weighted by molar-refractivity contribution is 7.99. The molecule has 176 valence electrons. The predicted octanol–water partition coefficient (Wildman–Crippen LogP) is 3.43. The topological polar surface area (TPSA) is 88.1 Å². The molecule has 2 aliphatic rings. The Balaban J connectivity index is 1.29. The summed E-state index contributed by atoms with van der Waals surface area (Å²) < 4.78 is 11.3. The van der Waals surface area contributed by atoms with E-state index in [9.17, 15) is 14.7 Å². The molecule has 7 nitrogen and oxygen atoms in total. The Kier molecular flexibility index (Phi) is 7.90. The maximum Gasteiger partial charge on any atom is 0.407 e. The van der Waals surface area contributed by atoms with Crippen LogP contribution in [0.4, 0.5) is 4.79 Å². The first-order valence-electron chi connectivity index (χ1n) is 11.3. The predicted molar refractivity (Wildman–Crippen MR) is 129 cm³/mol. The van der Waals surface area contributed by atoms with Gasteiger partial charge in [-0.2, -0.15) is 11.8 Å². The number of carboxylic acids is 1. The zero-order chi connectivity index (χ0) is 23.2. The van der Waals surface area contributed by atoms with Gasteiger partial charge in [0, 0.05) is 30.5 Å². The van der Waals surface area contributed by atoms with E-state index in [1.807, 2.05) is 36.4 Å². The molecule has 0 spiro atoms. The number of morpholine rings is 1. The first kappa shape index (κ1) is 23.6. The van der Waals surface area contributed by atoms with Crippen LogP contribution in [0.25, 0.3) is 11.1 Å². The standard InChI is InChI=1S/C25H30N2O5S/c1-2-27-11-12-31-17(13-27)15-33-16-23(24(28)29)26-25(30)32-14-22-20-9-5-3-7-18(20)19-8-4-6-10-21(19)22/h3-10,17,22-23H,2,11-16H2,1H3,(H,26,30)(H,28,29). The number of alkyl carbamates (subject to hydrolysis) is 1. The second-order valence-electron chi connectivity index (χ2n) is 8.28. The highest BCUT2D eigenvalue weighted by Crippen LogP contribution is 2.44. The molecule has 0 radical (unpaired) electrons. The highest BCUT2D eigenvalue weighted by Gasteiger charge is 2.30. The smallest absolute Gasteiger partial charge is 0.407 e. The molecule has 33 heavy (non-hydrogen) atoms. The summed E-state index contributed by atoms with van der Waals surface area (Å²) in [5, 5.41) is 12.1. The minimum atomic E-state index is -1.07. The maximum atomic E-state index is 12.4. The molecule has 1 aliphatic carbocycles. The van der Waals surface area contributed by atoms with Crippen LogP contribution < -0.4 is 5.32 Å². The second-order valence-corrected chi connectivity index (χ2v) is 9.36. The summed E-state index contributed by atoms with van der Waals surface area (Å²) in [7, 11) is 0. The summed E-state index contributed by atoms with van der Waals surface area (Å²) in [6.45, 7) is 5.72. The van der Waals surface area contributed by atoms with Gasteiger partial charge in [0.25, 0.3) is 0 Å². The number of nitrogens with one attached hydrogen (secondary N) is 1. The van der Waals surface area contributed by atoms with Gasteiger partial charge in [0.05, 0.1) is 12.7 Å². The molecular weight excluding hydrogens is 440 g/mol. The number of hydrogen-bond acceptors (Lipinski definition) is 6. The Morgan fingerprint density at radius 1 is 1.18 bits per heavy atom. The number of carboxylic acid groups (broad SMARTS) is 1. The van der Waals surface area contributed by atoms with E-state index in [2.05, 4.69) is 29.3 Å². The molecule has 4 rings (SSSR count). The molecule has 0 saturated carbocycles. The largest absolute Gasteiger partial charge is 0.480 e. The van der Waals surface area contributed by atoms with E-state index in [4.69, 9.17) is 9.47 Å². The molecule has 0 bridgehead atoms. The Morgan fingerprint density at radius 3 is 2.48 bits per heavy atom. The van der Waals surface area contributed by atoms with Gasteiger partial charge in [-0.05, 0) is 28.8 Å². The lowest BCUT2D eigenvalue weighted by atomic mass is 9.98. The van der Waals surface area contributed by atoms with E-state index < -0.39 is 18.1 Å². The first-order chi connectivity index (χ1) is 16.1.